The number of aryl methyl sites for hydroxylation is 1. The maximum atomic E-state index is 12.5. The number of rotatable bonds is 6. The number of carbonyl (C=O) groups excluding carboxylic acids is 2. The Hall–Kier alpha value is -1.66. The van der Waals surface area contributed by atoms with Crippen LogP contribution in [0, 0.1) is 13.8 Å². The second kappa shape index (κ2) is 6.87. The van der Waals surface area contributed by atoms with Gasteiger partial charge in [0.15, 0.2) is 5.78 Å². The van der Waals surface area contributed by atoms with Gasteiger partial charge in [0.25, 0.3) is 0 Å². The van der Waals surface area contributed by atoms with Crippen LogP contribution < -0.4 is 5.32 Å². The molecule has 1 amide bonds. The highest BCUT2D eigenvalue weighted by atomic mass is 16.5. The number of hydrogen-bond donors (Lipinski definition) is 1. The number of ether oxygens (including phenoxy) is 1. The third-order valence-corrected chi connectivity index (χ3v) is 3.88. The monoisotopic (exact) mass is 293 g/mol. The lowest BCUT2D eigenvalue weighted by Crippen LogP contribution is -2.49. The van der Waals surface area contributed by atoms with Crippen LogP contribution in [0.25, 0.3) is 0 Å². The topological polar surface area (TPSA) is 63.6 Å². The Bertz CT molecular complexity index is 537. The van der Waals surface area contributed by atoms with Crippen molar-refractivity contribution < 1.29 is 14.3 Å². The summed E-state index contributed by atoms with van der Waals surface area (Å²) in [5.41, 5.74) is 2.77. The van der Waals surface area contributed by atoms with E-state index in [-0.39, 0.29) is 11.7 Å². The number of ketones is 1. The third-order valence-electron chi connectivity index (χ3n) is 3.88. The minimum Gasteiger partial charge on any atom is -0.383 e. The van der Waals surface area contributed by atoms with Crippen molar-refractivity contribution >= 4 is 11.7 Å². The van der Waals surface area contributed by atoms with Gasteiger partial charge in [-0.2, -0.15) is 0 Å². The number of nitrogens with zero attached hydrogens (tertiary/aromatic N) is 2. The average molecular weight is 293 g/mol. The highest BCUT2D eigenvalue weighted by Gasteiger charge is 2.21. The summed E-state index contributed by atoms with van der Waals surface area (Å²) in [7, 11) is 1.67. The van der Waals surface area contributed by atoms with Crippen LogP contribution in [0.2, 0.25) is 0 Å². The largest absolute Gasteiger partial charge is 0.383 e. The summed E-state index contributed by atoms with van der Waals surface area (Å²) < 4.78 is 7.20. The molecule has 1 aliphatic rings. The van der Waals surface area contributed by atoms with Crippen molar-refractivity contribution in [3.8, 4) is 0 Å². The van der Waals surface area contributed by atoms with Gasteiger partial charge >= 0.3 is 0 Å². The number of Topliss-reactive ketones (excluding diaryl/α,β-unsaturated/α-hetero) is 1. The van der Waals surface area contributed by atoms with E-state index in [0.717, 1.165) is 30.0 Å². The summed E-state index contributed by atoms with van der Waals surface area (Å²) in [4.78, 5) is 25.7. The van der Waals surface area contributed by atoms with Crippen LogP contribution in [0.1, 0.15) is 21.7 Å². The molecular formula is C15H23N3O3. The summed E-state index contributed by atoms with van der Waals surface area (Å²) in [6.07, 6.45) is 0. The van der Waals surface area contributed by atoms with Crippen molar-refractivity contribution in [2.45, 2.75) is 20.4 Å². The lowest BCUT2D eigenvalue weighted by molar-refractivity contribution is -0.123. The van der Waals surface area contributed by atoms with E-state index < -0.39 is 0 Å². The number of carbonyl (C=O) groups is 2. The predicted molar refractivity (Wildman–Crippen MR) is 79.6 cm³/mol. The van der Waals surface area contributed by atoms with Crippen molar-refractivity contribution in [1.29, 1.82) is 0 Å². The normalized spacial score (nSPS) is 16.0. The number of methoxy groups -OCH3 is 1. The molecule has 1 aromatic heterocycles. The molecule has 1 aromatic rings. The molecule has 0 atom stereocenters. The molecule has 1 N–H and O–H groups in total. The van der Waals surface area contributed by atoms with E-state index in [1.165, 1.54) is 0 Å². The van der Waals surface area contributed by atoms with Gasteiger partial charge in [-0.15, -0.1) is 0 Å². The zero-order valence-corrected chi connectivity index (χ0v) is 12.9. The molecule has 0 aromatic carbocycles. The van der Waals surface area contributed by atoms with Crippen molar-refractivity contribution in [3.63, 3.8) is 0 Å². The van der Waals surface area contributed by atoms with Crippen molar-refractivity contribution in [2.24, 2.45) is 0 Å². The highest BCUT2D eigenvalue weighted by Crippen LogP contribution is 2.16. The first kappa shape index (κ1) is 15.7. The van der Waals surface area contributed by atoms with Gasteiger partial charge < -0.3 is 14.6 Å². The van der Waals surface area contributed by atoms with Crippen LogP contribution in [0.3, 0.4) is 0 Å². The van der Waals surface area contributed by atoms with Gasteiger partial charge in [0.05, 0.1) is 19.7 Å². The van der Waals surface area contributed by atoms with E-state index in [1.54, 1.807) is 7.11 Å². The first-order valence-electron chi connectivity index (χ1n) is 7.21. The van der Waals surface area contributed by atoms with E-state index in [4.69, 9.17) is 4.74 Å². The van der Waals surface area contributed by atoms with E-state index >= 15 is 0 Å². The molecule has 1 saturated heterocycles. The Balaban J connectivity index is 2.07. The summed E-state index contributed by atoms with van der Waals surface area (Å²) in [5, 5.41) is 2.76. The SMILES string of the molecule is COCCn1c(C)cc(C(=O)CN2CCNC(=O)C2)c1C. The molecule has 2 rings (SSSR count). The van der Waals surface area contributed by atoms with Gasteiger partial charge in [-0.3, -0.25) is 14.5 Å². The predicted octanol–water partition coefficient (Wildman–Crippen LogP) is 0.366. The Morgan fingerprint density at radius 3 is 2.86 bits per heavy atom. The fraction of sp³-hybridized carbons (Fsp3) is 0.600. The average Bonchev–Trinajstić information content (AvgIpc) is 2.72. The van der Waals surface area contributed by atoms with Crippen LogP contribution >= 0.6 is 0 Å². The van der Waals surface area contributed by atoms with E-state index in [2.05, 4.69) is 9.88 Å². The molecule has 2 heterocycles. The van der Waals surface area contributed by atoms with Crippen LogP contribution in [0.5, 0.6) is 0 Å². The molecular weight excluding hydrogens is 270 g/mol. The third kappa shape index (κ3) is 3.71. The van der Waals surface area contributed by atoms with Crippen LogP contribution in [0.15, 0.2) is 6.07 Å². The Morgan fingerprint density at radius 2 is 2.19 bits per heavy atom. The first-order valence-corrected chi connectivity index (χ1v) is 7.21. The summed E-state index contributed by atoms with van der Waals surface area (Å²) in [6.45, 7) is 7.24. The van der Waals surface area contributed by atoms with Crippen molar-refractivity contribution in [1.82, 2.24) is 14.8 Å². The second-order valence-corrected chi connectivity index (χ2v) is 5.41. The minimum atomic E-state index is -0.0142. The Morgan fingerprint density at radius 1 is 1.43 bits per heavy atom. The van der Waals surface area contributed by atoms with Crippen LogP contribution in [-0.4, -0.2) is 61.1 Å². The molecule has 0 radical (unpaired) electrons. The van der Waals surface area contributed by atoms with Gasteiger partial charge in [-0.1, -0.05) is 0 Å². The molecule has 6 nitrogen and oxygen atoms in total. The van der Waals surface area contributed by atoms with Gasteiger partial charge in [0, 0.05) is 43.7 Å². The maximum Gasteiger partial charge on any atom is 0.234 e. The molecule has 1 aliphatic heterocycles. The summed E-state index contributed by atoms with van der Waals surface area (Å²) in [5.74, 6) is 0.0566. The minimum absolute atomic E-state index is 0.0142. The Kier molecular flexibility index (Phi) is 5.14. The van der Waals surface area contributed by atoms with E-state index in [0.29, 0.717) is 26.2 Å². The lowest BCUT2D eigenvalue weighted by atomic mass is 10.1. The van der Waals surface area contributed by atoms with Gasteiger partial charge in [0.2, 0.25) is 5.91 Å². The summed E-state index contributed by atoms with van der Waals surface area (Å²) in [6, 6.07) is 1.93. The van der Waals surface area contributed by atoms with E-state index in [1.807, 2.05) is 24.8 Å². The van der Waals surface area contributed by atoms with Crippen LogP contribution in [0.4, 0.5) is 0 Å². The molecule has 0 bridgehead atoms. The molecule has 116 valence electrons. The molecule has 6 heteroatoms. The number of hydrogen-bond acceptors (Lipinski definition) is 4. The fourth-order valence-electron chi connectivity index (χ4n) is 2.72. The smallest absolute Gasteiger partial charge is 0.234 e. The van der Waals surface area contributed by atoms with Crippen molar-refractivity contribution in [2.75, 3.05) is 39.9 Å². The zero-order chi connectivity index (χ0) is 15.4. The van der Waals surface area contributed by atoms with E-state index in [9.17, 15) is 9.59 Å². The zero-order valence-electron chi connectivity index (χ0n) is 12.9. The lowest BCUT2D eigenvalue weighted by Gasteiger charge is -2.25. The van der Waals surface area contributed by atoms with Gasteiger partial charge in [-0.25, -0.2) is 0 Å². The number of piperazine rings is 1. The number of amides is 1. The summed E-state index contributed by atoms with van der Waals surface area (Å²) >= 11 is 0. The Labute approximate surface area is 125 Å². The second-order valence-electron chi connectivity index (χ2n) is 5.41. The molecule has 0 unspecified atom stereocenters. The number of nitrogens with one attached hydrogen (secondary N) is 1. The molecule has 0 aliphatic carbocycles. The fourth-order valence-corrected chi connectivity index (χ4v) is 2.72. The molecule has 1 fully saturated rings. The highest BCUT2D eigenvalue weighted by molar-refractivity contribution is 5.99. The molecule has 0 saturated carbocycles. The van der Waals surface area contributed by atoms with Crippen molar-refractivity contribution in [3.05, 3.63) is 23.0 Å². The number of aromatic nitrogens is 1. The standard InChI is InChI=1S/C15H23N3O3/c1-11-8-13(12(2)18(11)6-7-21-3)14(19)9-17-5-4-16-15(20)10-17/h8H,4-7,9-10H2,1-3H3,(H,16,20). The quantitative estimate of drug-likeness (QED) is 0.770. The van der Waals surface area contributed by atoms with Crippen LogP contribution in [-0.2, 0) is 16.1 Å². The maximum absolute atomic E-state index is 12.5. The molecule has 0 spiro atoms. The van der Waals surface area contributed by atoms with Gasteiger partial charge in [-0.05, 0) is 19.9 Å². The first-order chi connectivity index (χ1) is 10.0. The van der Waals surface area contributed by atoms with Gasteiger partial charge in [0.1, 0.15) is 0 Å². The molecule has 21 heavy (non-hydrogen) atoms.